The molecule has 3 amide bonds. The number of nitrogens with two attached hydrogens (primary N) is 6. The zero-order valence-corrected chi connectivity index (χ0v) is 72.0. The first-order valence-electron chi connectivity index (χ1n) is 37.6. The van der Waals surface area contributed by atoms with Crippen molar-refractivity contribution in [2.75, 3.05) is 64.5 Å². The average molecular weight is 1790 g/mol. The fraction of sp³-hybridized carbons (Fsp3) is 0.577. The van der Waals surface area contributed by atoms with E-state index >= 15 is 0 Å². The highest BCUT2D eigenvalue weighted by Crippen LogP contribution is 2.45. The van der Waals surface area contributed by atoms with Gasteiger partial charge in [0.25, 0.3) is 17.7 Å². The highest BCUT2D eigenvalue weighted by molar-refractivity contribution is 7.55. The van der Waals surface area contributed by atoms with E-state index in [4.69, 9.17) is 81.1 Å². The second-order valence-electron chi connectivity index (χ2n) is 30.6. The molecule has 0 bridgehead atoms. The van der Waals surface area contributed by atoms with E-state index in [-0.39, 0.29) is 71.8 Å². The van der Waals surface area contributed by atoms with Crippen LogP contribution in [0.15, 0.2) is 79.6 Å². The number of methoxy groups -OCH3 is 2. The molecule has 51 heteroatoms. The van der Waals surface area contributed by atoms with Crippen LogP contribution >= 0.6 is 23.0 Å². The molecule has 680 valence electrons. The molecule has 0 aliphatic carbocycles. The van der Waals surface area contributed by atoms with E-state index in [0.29, 0.717) is 0 Å². The minimum Gasteiger partial charge on any atom is -0.468 e. The van der Waals surface area contributed by atoms with Gasteiger partial charge in [0.2, 0.25) is 0 Å². The summed E-state index contributed by atoms with van der Waals surface area (Å²) in [6, 6.07) is 10.9. The SMILES string of the molecule is COC(=O)[C@H](C)NP(=O)(N[C@@H](C)C(=O)OC)OC[C@H]1O[C@@H](n2cnc(C(N)=O)c2N)[C@H](O)[C@@H]1O.C[C@H](NP(=O)(N[C@@H](C)C(=O)OCC(C)(C)C)OC[C@H]1O[C@@H](n2cnc(C(N)=O)c2N)[C@H](O)[C@@H]1O)C(=O)OCC(C)(C)C.C[C@H](NP(=O)(N[C@@H](C)C(=O)OCc1ccccc1)OC[C@H]1O[C@@H](n2cnc(C(N)=O)c2N)[C@H](O)[C@@H]1O)C(=O)OCc1ccccc1. The lowest BCUT2D eigenvalue weighted by Gasteiger charge is -2.28. The van der Waals surface area contributed by atoms with E-state index in [1.54, 1.807) is 48.5 Å². The smallest absolute Gasteiger partial charge is 0.342 e. The van der Waals surface area contributed by atoms with Crippen molar-refractivity contribution in [1.29, 1.82) is 0 Å². The molecule has 122 heavy (non-hydrogen) atoms. The first-order chi connectivity index (χ1) is 56.9. The third kappa shape index (κ3) is 28.6. The van der Waals surface area contributed by atoms with Gasteiger partial charge in [-0.15, -0.1) is 0 Å². The molecule has 0 radical (unpaired) electrons. The Kier molecular flexibility index (Phi) is 36.9. The van der Waals surface area contributed by atoms with E-state index in [2.05, 4.69) is 54.9 Å². The Balaban J connectivity index is 0.000000287. The van der Waals surface area contributed by atoms with Gasteiger partial charge in [0.05, 0.1) is 66.2 Å². The molecule has 8 rings (SSSR count). The molecular weight excluding hydrogens is 1680 g/mol. The molecule has 6 heterocycles. The van der Waals surface area contributed by atoms with Gasteiger partial charge >= 0.3 is 58.8 Å². The van der Waals surface area contributed by atoms with Gasteiger partial charge in [-0.2, -0.15) is 0 Å². The van der Waals surface area contributed by atoms with Crippen LogP contribution in [0.5, 0.6) is 0 Å². The fourth-order valence-electron chi connectivity index (χ4n) is 11.2. The maximum Gasteiger partial charge on any atom is 0.342 e. The number of primary amides is 3. The molecule has 18 atom stereocenters. The van der Waals surface area contributed by atoms with Crippen molar-refractivity contribution in [3.63, 3.8) is 0 Å². The minimum absolute atomic E-state index is 0.0390. The number of hydrogen-bond donors (Lipinski definition) is 18. The van der Waals surface area contributed by atoms with Gasteiger partial charge in [-0.05, 0) is 63.5 Å². The largest absolute Gasteiger partial charge is 0.468 e. The van der Waals surface area contributed by atoms with Gasteiger partial charge < -0.3 is 121 Å². The lowest BCUT2D eigenvalue weighted by Crippen LogP contribution is -2.44. The van der Waals surface area contributed by atoms with Crippen LogP contribution < -0.4 is 64.9 Å². The number of aliphatic hydroxyl groups is 6. The Morgan fingerprint density at radius 2 is 0.631 bits per heavy atom. The fourth-order valence-corrected chi connectivity index (χ4v) is 16.6. The standard InChI is InChI=1S/C29H37N6O10P.C25H45N6O10P.C17H29N6O10P/c1-17(28(39)42-13-19-9-5-3-6-10-19)33-46(41,34-18(2)29(40)43-14-20-11-7-4-8-12-20)44-15-21-23(36)24(37)27(45-21)35-16-32-22(25(35)30)26(31)38;1-13(22(35)38-10-24(3,4)5)29-42(37,30-14(2)23(36)39-11-25(6,7)8)40-9-15-17(32)18(33)21(41-15)31-12-28-16(19(31)26)20(27)34;1-7(16(27)30-3)21-34(29,22-8(2)17(28)31-4)32-5-9-11(24)12(25)15(33-9)23-6-20-10(13(23)18)14(19)26/h3-12,16-18,21,23-24,27,36-37H,13-15,30H2,1-2H3,(H2,31,38)(H2,33,34,41);12-15,17-18,21,32-33H,9-11,26H2,1-8H3,(H2,27,34)(H2,29,30,37);6-9,11-12,15,24-25H,5,18H2,1-4H3,(H2,19,26)(H2,21,22,29)/t17-,18-,21+,23+,24+,27+;13-,14-,15+,17+,18+,21+;7-,8-,9+,11+,12+,15+/m000/s1. The Morgan fingerprint density at radius 1 is 0.402 bits per heavy atom. The molecule has 0 unspecified atom stereocenters. The number of carbonyl (C=O) groups excluding carboxylic acids is 9. The van der Waals surface area contributed by atoms with E-state index in [1.807, 2.05) is 53.7 Å². The Bertz CT molecular complexity index is 4400. The maximum absolute atomic E-state index is 14.1. The number of anilines is 3. The number of aromatic nitrogens is 6. The van der Waals surface area contributed by atoms with Crippen molar-refractivity contribution in [3.05, 3.63) is 108 Å². The summed E-state index contributed by atoms with van der Waals surface area (Å²) < 4.78 is 109. The van der Waals surface area contributed by atoms with Crippen molar-refractivity contribution in [2.45, 2.75) is 206 Å². The van der Waals surface area contributed by atoms with Crippen LogP contribution in [0, 0.1) is 10.8 Å². The molecule has 3 aromatic heterocycles. The summed E-state index contributed by atoms with van der Waals surface area (Å²) in [4.78, 5) is 120. The summed E-state index contributed by atoms with van der Waals surface area (Å²) in [5.74, 6) is -7.78. The summed E-state index contributed by atoms with van der Waals surface area (Å²) in [7, 11) is -10.5. The van der Waals surface area contributed by atoms with Gasteiger partial charge in [0.15, 0.2) is 35.8 Å². The lowest BCUT2D eigenvalue weighted by atomic mass is 9.99. The zero-order chi connectivity index (χ0) is 91.4. The first-order valence-corrected chi connectivity index (χ1v) is 42.5. The van der Waals surface area contributed by atoms with Crippen LogP contribution in [0.4, 0.5) is 17.5 Å². The summed E-state index contributed by atoms with van der Waals surface area (Å²) in [5.41, 5.74) is 33.4. The van der Waals surface area contributed by atoms with E-state index < -0.39 is 206 Å². The molecular formula is C71H111N18O30P3. The number of ether oxygens (including phenoxy) is 9. The molecule has 3 aliphatic heterocycles. The van der Waals surface area contributed by atoms with Crippen LogP contribution in [0.1, 0.15) is 144 Å². The summed E-state index contributed by atoms with van der Waals surface area (Å²) >= 11 is 0. The van der Waals surface area contributed by atoms with Gasteiger partial charge in [-0.3, -0.25) is 70.5 Å². The van der Waals surface area contributed by atoms with Gasteiger partial charge in [-0.1, -0.05) is 102 Å². The molecule has 0 saturated carbocycles. The number of carbonyl (C=O) groups is 9. The number of amides is 3. The third-order valence-corrected chi connectivity index (χ3v) is 23.6. The minimum atomic E-state index is -4.32. The second-order valence-corrected chi connectivity index (χ2v) is 36.2. The first kappa shape index (κ1) is 101. The van der Waals surface area contributed by atoms with Gasteiger partial charge in [0, 0.05) is 0 Å². The number of benzene rings is 2. The number of hydrogen-bond acceptors (Lipinski definition) is 36. The van der Waals surface area contributed by atoms with Gasteiger partial charge in [-0.25, -0.2) is 45.5 Å². The second kappa shape index (κ2) is 44.3. The molecule has 24 N–H and O–H groups in total. The van der Waals surface area contributed by atoms with E-state index in [9.17, 15) is 87.5 Å². The molecule has 3 saturated heterocycles. The number of imidazole rings is 3. The molecule has 3 fully saturated rings. The van der Waals surface area contributed by atoms with Crippen molar-refractivity contribution < 1.29 is 144 Å². The number of nitrogen functional groups attached to an aromatic ring is 3. The van der Waals surface area contributed by atoms with E-state index in [1.165, 1.54) is 41.5 Å². The number of esters is 6. The number of nitrogens with one attached hydrogen (secondary N) is 6. The lowest BCUT2D eigenvalue weighted by molar-refractivity contribution is -0.148. The van der Waals surface area contributed by atoms with Crippen LogP contribution in [0.3, 0.4) is 0 Å². The number of aliphatic hydroxyl groups excluding tert-OH is 6. The third-order valence-electron chi connectivity index (χ3n) is 17.7. The molecule has 48 nitrogen and oxygen atoms in total. The van der Waals surface area contributed by atoms with Crippen LogP contribution in [-0.4, -0.2) is 251 Å². The van der Waals surface area contributed by atoms with Crippen LogP contribution in [0.2, 0.25) is 0 Å². The normalized spacial score (nSPS) is 22.6. The number of nitrogens with zero attached hydrogens (tertiary/aromatic N) is 6. The Hall–Kier alpha value is -9.33. The van der Waals surface area contributed by atoms with Crippen molar-refractivity contribution >= 4 is 94.0 Å². The summed E-state index contributed by atoms with van der Waals surface area (Å²) in [6.45, 7) is 17.9. The van der Waals surface area contributed by atoms with Crippen molar-refractivity contribution in [1.82, 2.24) is 59.2 Å². The molecule has 2 aromatic carbocycles. The average Bonchev–Trinajstić information content (AvgIpc) is 1.64. The van der Waals surface area contributed by atoms with Gasteiger partial charge in [0.1, 0.15) is 122 Å². The summed E-state index contributed by atoms with van der Waals surface area (Å²) in [6.07, 6.45) is -13.6. The summed E-state index contributed by atoms with van der Waals surface area (Å²) in [5, 5.41) is 78.5. The number of rotatable bonds is 39. The topological polar surface area (TPSA) is 719 Å². The highest BCUT2D eigenvalue weighted by atomic mass is 31.2. The van der Waals surface area contributed by atoms with Crippen LogP contribution in [-0.2, 0) is 112 Å². The Morgan fingerprint density at radius 3 is 0.844 bits per heavy atom. The molecule has 3 aliphatic rings. The Labute approximate surface area is 700 Å². The molecule has 0 spiro atoms. The zero-order valence-electron chi connectivity index (χ0n) is 69.3. The predicted octanol–water partition coefficient (Wildman–Crippen LogP) is -1.20. The highest BCUT2D eigenvalue weighted by Gasteiger charge is 2.50. The monoisotopic (exact) mass is 1790 g/mol. The van der Waals surface area contributed by atoms with Crippen molar-refractivity contribution in [2.24, 2.45) is 28.0 Å². The maximum atomic E-state index is 14.1. The quantitative estimate of drug-likeness (QED) is 0.0125. The molecule has 5 aromatic rings. The van der Waals surface area contributed by atoms with E-state index in [0.717, 1.165) is 58.0 Å². The predicted molar refractivity (Wildman–Crippen MR) is 427 cm³/mol. The van der Waals surface area contributed by atoms with Crippen LogP contribution in [0.25, 0.3) is 0 Å². The van der Waals surface area contributed by atoms with Crippen molar-refractivity contribution in [3.8, 4) is 0 Å².